The summed E-state index contributed by atoms with van der Waals surface area (Å²) in [6.45, 7) is 1.52. The Morgan fingerprint density at radius 1 is 1.65 bits per heavy atom. The van der Waals surface area contributed by atoms with Crippen LogP contribution >= 0.6 is 15.9 Å². The summed E-state index contributed by atoms with van der Waals surface area (Å²) in [5.41, 5.74) is -0.0516. The maximum absolute atomic E-state index is 11.7. The van der Waals surface area contributed by atoms with Crippen molar-refractivity contribution < 1.29 is 9.72 Å². The van der Waals surface area contributed by atoms with Gasteiger partial charge in [0.25, 0.3) is 11.6 Å². The lowest BCUT2D eigenvalue weighted by Gasteiger charge is -2.07. The zero-order valence-electron chi connectivity index (χ0n) is 8.81. The van der Waals surface area contributed by atoms with E-state index in [0.29, 0.717) is 4.47 Å². The molecule has 1 aromatic rings. The Morgan fingerprint density at radius 3 is 2.82 bits per heavy atom. The van der Waals surface area contributed by atoms with Gasteiger partial charge in [-0.2, -0.15) is 5.26 Å². The van der Waals surface area contributed by atoms with Crippen molar-refractivity contribution >= 4 is 27.5 Å². The second-order valence-electron chi connectivity index (χ2n) is 3.25. The number of rotatable bonds is 3. The molecule has 0 saturated carbocycles. The second kappa shape index (κ2) is 5.41. The molecule has 0 saturated heterocycles. The van der Waals surface area contributed by atoms with Crippen molar-refractivity contribution in [1.82, 2.24) is 5.32 Å². The van der Waals surface area contributed by atoms with Gasteiger partial charge in [0.2, 0.25) is 0 Å². The normalized spacial score (nSPS) is 11.4. The lowest BCUT2D eigenvalue weighted by atomic mass is 10.2. The first-order chi connectivity index (χ1) is 7.95. The van der Waals surface area contributed by atoms with E-state index in [1.807, 2.05) is 6.07 Å². The number of hydrogen-bond donors (Lipinski definition) is 1. The summed E-state index contributed by atoms with van der Waals surface area (Å²) in [7, 11) is 0. The molecule has 1 aromatic carbocycles. The number of hydrogen-bond acceptors (Lipinski definition) is 4. The topological polar surface area (TPSA) is 96.0 Å². The minimum Gasteiger partial charge on any atom is -0.336 e. The molecule has 1 amide bonds. The number of amides is 1. The van der Waals surface area contributed by atoms with Gasteiger partial charge in [0.15, 0.2) is 0 Å². The van der Waals surface area contributed by atoms with Gasteiger partial charge in [0.05, 0.1) is 16.6 Å². The van der Waals surface area contributed by atoms with E-state index in [0.717, 1.165) is 6.07 Å². The van der Waals surface area contributed by atoms with E-state index in [1.54, 1.807) is 0 Å². The molecule has 7 heteroatoms. The largest absolute Gasteiger partial charge is 0.336 e. The van der Waals surface area contributed by atoms with Crippen LogP contribution in [0.15, 0.2) is 22.7 Å². The molecule has 0 aromatic heterocycles. The van der Waals surface area contributed by atoms with Crippen molar-refractivity contribution in [3.05, 3.63) is 38.3 Å². The average Bonchev–Trinajstić information content (AvgIpc) is 2.28. The van der Waals surface area contributed by atoms with Crippen LogP contribution in [0.2, 0.25) is 0 Å². The number of carbonyl (C=O) groups is 1. The van der Waals surface area contributed by atoms with Gasteiger partial charge >= 0.3 is 0 Å². The molecule has 6 nitrogen and oxygen atoms in total. The molecule has 1 unspecified atom stereocenters. The quantitative estimate of drug-likeness (QED) is 0.681. The number of carbonyl (C=O) groups excluding carboxylic acids is 1. The lowest BCUT2D eigenvalue weighted by Crippen LogP contribution is -2.31. The average molecular weight is 298 g/mol. The highest BCUT2D eigenvalue weighted by molar-refractivity contribution is 9.10. The van der Waals surface area contributed by atoms with Gasteiger partial charge in [-0.15, -0.1) is 0 Å². The van der Waals surface area contributed by atoms with E-state index < -0.39 is 16.9 Å². The fourth-order valence-corrected chi connectivity index (χ4v) is 1.53. The van der Waals surface area contributed by atoms with Crippen LogP contribution in [0.1, 0.15) is 17.3 Å². The number of nitrogens with one attached hydrogen (secondary N) is 1. The Balaban J connectivity index is 3.05. The van der Waals surface area contributed by atoms with E-state index in [-0.39, 0.29) is 11.3 Å². The molecule has 0 fully saturated rings. The molecule has 1 rings (SSSR count). The minimum atomic E-state index is -0.659. The van der Waals surface area contributed by atoms with E-state index >= 15 is 0 Å². The van der Waals surface area contributed by atoms with Crippen LogP contribution in [0.3, 0.4) is 0 Å². The molecule has 0 heterocycles. The fraction of sp³-hybridized carbons (Fsp3) is 0.200. The van der Waals surface area contributed by atoms with Crippen LogP contribution in [-0.2, 0) is 0 Å². The first-order valence-corrected chi connectivity index (χ1v) is 5.39. The third-order valence-corrected chi connectivity index (χ3v) is 2.64. The van der Waals surface area contributed by atoms with Crippen molar-refractivity contribution in [2.24, 2.45) is 0 Å². The standard InChI is InChI=1S/C10H8BrN3O3/c1-6(5-12)13-10(15)8-4-7(14(16)17)2-3-9(8)11/h2-4,6H,1H3,(H,13,15). The van der Waals surface area contributed by atoms with Crippen molar-refractivity contribution in [2.45, 2.75) is 13.0 Å². The van der Waals surface area contributed by atoms with Gasteiger partial charge in [0.1, 0.15) is 6.04 Å². The molecule has 0 spiro atoms. The van der Waals surface area contributed by atoms with Gasteiger partial charge in [-0.25, -0.2) is 0 Å². The van der Waals surface area contributed by atoms with Crippen LogP contribution in [0.5, 0.6) is 0 Å². The zero-order valence-corrected chi connectivity index (χ0v) is 10.4. The first-order valence-electron chi connectivity index (χ1n) is 4.60. The summed E-state index contributed by atoms with van der Waals surface area (Å²) in [6, 6.07) is 5.05. The maximum Gasteiger partial charge on any atom is 0.270 e. The predicted octanol–water partition coefficient (Wildman–Crippen LogP) is 2.00. The Hall–Kier alpha value is -1.94. The SMILES string of the molecule is CC(C#N)NC(=O)c1cc([N+](=O)[O-])ccc1Br. The third-order valence-electron chi connectivity index (χ3n) is 1.95. The number of nitriles is 1. The Morgan fingerprint density at radius 2 is 2.29 bits per heavy atom. The number of non-ortho nitro benzene ring substituents is 1. The fourth-order valence-electron chi connectivity index (χ4n) is 1.11. The molecule has 0 aliphatic heterocycles. The maximum atomic E-state index is 11.7. The molecule has 17 heavy (non-hydrogen) atoms. The molecule has 1 atom stereocenters. The molecular formula is C10H8BrN3O3. The van der Waals surface area contributed by atoms with Crippen molar-refractivity contribution in [3.63, 3.8) is 0 Å². The van der Waals surface area contributed by atoms with Crippen molar-refractivity contribution in [3.8, 4) is 6.07 Å². The molecule has 88 valence electrons. The summed E-state index contributed by atoms with van der Waals surface area (Å²) >= 11 is 3.13. The monoisotopic (exact) mass is 297 g/mol. The molecule has 1 N–H and O–H groups in total. The zero-order chi connectivity index (χ0) is 13.0. The van der Waals surface area contributed by atoms with E-state index in [9.17, 15) is 14.9 Å². The number of nitro benzene ring substituents is 1. The number of nitro groups is 1. The summed E-state index contributed by atoms with van der Waals surface area (Å²) in [5, 5.41) is 21.5. The third kappa shape index (κ3) is 3.26. The highest BCUT2D eigenvalue weighted by Crippen LogP contribution is 2.22. The Labute approximate surface area is 106 Å². The van der Waals surface area contributed by atoms with Gasteiger partial charge < -0.3 is 5.32 Å². The molecule has 0 aliphatic rings. The molecule has 0 bridgehead atoms. The lowest BCUT2D eigenvalue weighted by molar-refractivity contribution is -0.384. The van der Waals surface area contributed by atoms with Crippen LogP contribution in [-0.4, -0.2) is 16.9 Å². The Bertz CT molecular complexity index is 510. The predicted molar refractivity (Wildman–Crippen MR) is 63.3 cm³/mol. The number of nitrogens with zero attached hydrogens (tertiary/aromatic N) is 2. The highest BCUT2D eigenvalue weighted by atomic mass is 79.9. The van der Waals surface area contributed by atoms with Gasteiger partial charge in [-0.3, -0.25) is 14.9 Å². The van der Waals surface area contributed by atoms with Crippen LogP contribution < -0.4 is 5.32 Å². The van der Waals surface area contributed by atoms with Crippen molar-refractivity contribution in [2.75, 3.05) is 0 Å². The van der Waals surface area contributed by atoms with Gasteiger partial charge in [0, 0.05) is 16.6 Å². The number of halogens is 1. The van der Waals surface area contributed by atoms with Crippen LogP contribution in [0, 0.1) is 21.4 Å². The molecule has 0 aliphatic carbocycles. The summed E-state index contributed by atoms with van der Waals surface area (Å²) in [5.74, 6) is -0.533. The summed E-state index contributed by atoms with van der Waals surface area (Å²) in [6.07, 6.45) is 0. The number of benzene rings is 1. The smallest absolute Gasteiger partial charge is 0.270 e. The van der Waals surface area contributed by atoms with Crippen LogP contribution in [0.25, 0.3) is 0 Å². The van der Waals surface area contributed by atoms with Gasteiger partial charge in [-0.1, -0.05) is 0 Å². The van der Waals surface area contributed by atoms with Crippen LogP contribution in [0.4, 0.5) is 5.69 Å². The van der Waals surface area contributed by atoms with E-state index in [1.165, 1.54) is 19.1 Å². The summed E-state index contributed by atoms with van der Waals surface area (Å²) < 4.78 is 0.436. The summed E-state index contributed by atoms with van der Waals surface area (Å²) in [4.78, 5) is 21.7. The highest BCUT2D eigenvalue weighted by Gasteiger charge is 2.16. The molecule has 0 radical (unpaired) electrons. The van der Waals surface area contributed by atoms with Crippen molar-refractivity contribution in [1.29, 1.82) is 5.26 Å². The van der Waals surface area contributed by atoms with Gasteiger partial charge in [-0.05, 0) is 28.9 Å². The molecular weight excluding hydrogens is 290 g/mol. The van der Waals surface area contributed by atoms with E-state index in [2.05, 4.69) is 21.2 Å². The van der Waals surface area contributed by atoms with E-state index in [4.69, 9.17) is 5.26 Å². The Kier molecular flexibility index (Phi) is 4.17. The first kappa shape index (κ1) is 13.1. The minimum absolute atomic E-state index is 0.126. The second-order valence-corrected chi connectivity index (χ2v) is 4.10.